The number of anilines is 2. The highest BCUT2D eigenvalue weighted by Gasteiger charge is 2.15. The zero-order valence-electron chi connectivity index (χ0n) is 18.4. The third kappa shape index (κ3) is 5.11. The molecule has 0 aliphatic rings. The molecule has 0 saturated carbocycles. The minimum Gasteiger partial charge on any atom is -0.362 e. The summed E-state index contributed by atoms with van der Waals surface area (Å²) in [6, 6.07) is 5.13. The lowest BCUT2D eigenvalue weighted by Gasteiger charge is -2.17. The van der Waals surface area contributed by atoms with Gasteiger partial charge in [-0.05, 0) is 50.6 Å². The van der Waals surface area contributed by atoms with Gasteiger partial charge in [-0.25, -0.2) is 18.7 Å². The van der Waals surface area contributed by atoms with Gasteiger partial charge in [-0.3, -0.25) is 14.5 Å². The van der Waals surface area contributed by atoms with Crippen molar-refractivity contribution in [2.75, 3.05) is 10.6 Å². The molecule has 170 valence electrons. The SMILES string of the molecule is CCn1cc2ncc(N[C@@H](C)c3cc(NC(=O)Cc4cnc(C)c(F)c4)ccc3F)nc2n1. The normalized spacial score (nSPS) is 12.0. The largest absolute Gasteiger partial charge is 0.362 e. The molecule has 0 spiro atoms. The summed E-state index contributed by atoms with van der Waals surface area (Å²) in [7, 11) is 0. The average molecular weight is 451 g/mol. The Labute approximate surface area is 189 Å². The van der Waals surface area contributed by atoms with Crippen molar-refractivity contribution in [1.29, 1.82) is 0 Å². The monoisotopic (exact) mass is 451 g/mol. The molecule has 3 aromatic heterocycles. The lowest BCUT2D eigenvalue weighted by molar-refractivity contribution is -0.115. The van der Waals surface area contributed by atoms with Crippen molar-refractivity contribution in [1.82, 2.24) is 24.7 Å². The maximum Gasteiger partial charge on any atom is 0.228 e. The zero-order chi connectivity index (χ0) is 23.5. The molecule has 0 aliphatic carbocycles. The predicted octanol–water partition coefficient (Wildman–Crippen LogP) is 4.18. The van der Waals surface area contributed by atoms with Crippen molar-refractivity contribution in [3.8, 4) is 0 Å². The van der Waals surface area contributed by atoms with E-state index in [-0.39, 0.29) is 18.0 Å². The predicted molar refractivity (Wildman–Crippen MR) is 121 cm³/mol. The molecular formula is C23H23F2N7O. The van der Waals surface area contributed by atoms with E-state index in [4.69, 9.17) is 0 Å². The summed E-state index contributed by atoms with van der Waals surface area (Å²) in [5, 5.41) is 10.2. The van der Waals surface area contributed by atoms with Crippen molar-refractivity contribution in [2.45, 2.75) is 39.8 Å². The number of nitrogens with one attached hydrogen (secondary N) is 2. The Kier molecular flexibility index (Phi) is 6.25. The molecular weight excluding hydrogens is 428 g/mol. The second-order valence-electron chi connectivity index (χ2n) is 7.69. The van der Waals surface area contributed by atoms with Gasteiger partial charge in [0, 0.05) is 24.0 Å². The number of pyridine rings is 1. The Hall–Kier alpha value is -3.95. The number of carbonyl (C=O) groups excluding carboxylic acids is 1. The summed E-state index contributed by atoms with van der Waals surface area (Å²) >= 11 is 0. The minimum absolute atomic E-state index is 0.0509. The quantitative estimate of drug-likeness (QED) is 0.438. The smallest absolute Gasteiger partial charge is 0.228 e. The number of carbonyl (C=O) groups is 1. The first-order valence-electron chi connectivity index (χ1n) is 10.5. The number of aromatic nitrogens is 5. The molecule has 4 aromatic rings. The summed E-state index contributed by atoms with van der Waals surface area (Å²) in [6.07, 6.45) is 4.79. The molecule has 3 heterocycles. The van der Waals surface area contributed by atoms with Crippen molar-refractivity contribution in [3.05, 3.63) is 71.3 Å². The van der Waals surface area contributed by atoms with E-state index in [2.05, 4.69) is 30.7 Å². The Morgan fingerprint density at radius 2 is 1.97 bits per heavy atom. The van der Waals surface area contributed by atoms with Gasteiger partial charge in [-0.15, -0.1) is 0 Å². The van der Waals surface area contributed by atoms with Gasteiger partial charge in [0.05, 0.1) is 30.6 Å². The van der Waals surface area contributed by atoms with Gasteiger partial charge in [0.25, 0.3) is 0 Å². The standard InChI is InChI=1S/C23H23F2N7O/c1-4-32-12-20-23(31-32)30-21(11-27-20)28-13(2)17-9-16(5-6-18(17)24)29-22(33)8-15-7-19(25)14(3)26-10-15/h5-7,9-13H,4,8H2,1-3H3,(H,29,33)(H,28,30,31)/t13-/m0/s1. The summed E-state index contributed by atoms with van der Waals surface area (Å²) in [6.45, 7) is 6.00. The molecule has 0 saturated heterocycles. The van der Waals surface area contributed by atoms with Crippen molar-refractivity contribution < 1.29 is 13.6 Å². The van der Waals surface area contributed by atoms with Crippen LogP contribution in [0.15, 0.2) is 42.9 Å². The molecule has 0 bridgehead atoms. The minimum atomic E-state index is -0.466. The Morgan fingerprint density at radius 1 is 1.15 bits per heavy atom. The fourth-order valence-corrected chi connectivity index (χ4v) is 3.36. The van der Waals surface area contributed by atoms with Crippen LogP contribution in [0.25, 0.3) is 11.2 Å². The molecule has 4 rings (SSSR count). The number of amides is 1. The molecule has 2 N–H and O–H groups in total. The summed E-state index contributed by atoms with van der Waals surface area (Å²) in [4.78, 5) is 25.1. The third-order valence-electron chi connectivity index (χ3n) is 5.16. The second-order valence-corrected chi connectivity index (χ2v) is 7.69. The Morgan fingerprint density at radius 3 is 2.73 bits per heavy atom. The van der Waals surface area contributed by atoms with Crippen LogP contribution < -0.4 is 10.6 Å². The number of benzene rings is 1. The van der Waals surface area contributed by atoms with Crippen LogP contribution in [0.3, 0.4) is 0 Å². The number of hydrogen-bond acceptors (Lipinski definition) is 6. The third-order valence-corrected chi connectivity index (χ3v) is 5.16. The molecule has 0 aliphatic heterocycles. The van der Waals surface area contributed by atoms with E-state index < -0.39 is 17.7 Å². The molecule has 1 aromatic carbocycles. The van der Waals surface area contributed by atoms with E-state index in [0.29, 0.717) is 40.3 Å². The first kappa shape index (κ1) is 22.3. The van der Waals surface area contributed by atoms with Crippen LogP contribution in [-0.4, -0.2) is 30.6 Å². The van der Waals surface area contributed by atoms with E-state index in [0.717, 1.165) is 0 Å². The number of hydrogen-bond donors (Lipinski definition) is 2. The van der Waals surface area contributed by atoms with Gasteiger partial charge in [0.2, 0.25) is 11.6 Å². The van der Waals surface area contributed by atoms with E-state index in [1.54, 1.807) is 30.8 Å². The van der Waals surface area contributed by atoms with E-state index in [1.165, 1.54) is 24.4 Å². The fourth-order valence-electron chi connectivity index (χ4n) is 3.36. The van der Waals surface area contributed by atoms with Gasteiger partial charge in [-0.2, -0.15) is 5.10 Å². The Bertz CT molecular complexity index is 1320. The van der Waals surface area contributed by atoms with Crippen LogP contribution in [0.1, 0.15) is 36.7 Å². The van der Waals surface area contributed by atoms with Crippen LogP contribution in [0.2, 0.25) is 0 Å². The van der Waals surface area contributed by atoms with Crippen LogP contribution in [0.5, 0.6) is 0 Å². The topological polar surface area (TPSA) is 97.6 Å². The van der Waals surface area contributed by atoms with Gasteiger partial charge in [0.15, 0.2) is 0 Å². The lowest BCUT2D eigenvalue weighted by Crippen LogP contribution is -2.16. The molecule has 1 amide bonds. The van der Waals surface area contributed by atoms with E-state index in [1.807, 2.05) is 13.1 Å². The summed E-state index contributed by atoms with van der Waals surface area (Å²) < 4.78 is 29.9. The maximum absolute atomic E-state index is 14.5. The van der Waals surface area contributed by atoms with Crippen LogP contribution >= 0.6 is 0 Å². The lowest BCUT2D eigenvalue weighted by atomic mass is 10.1. The fraction of sp³-hybridized carbons (Fsp3) is 0.261. The molecule has 0 unspecified atom stereocenters. The van der Waals surface area contributed by atoms with Crippen LogP contribution in [0.4, 0.5) is 20.3 Å². The number of nitrogens with zero attached hydrogens (tertiary/aromatic N) is 5. The Balaban J connectivity index is 1.46. The number of halogens is 2. The molecule has 8 nitrogen and oxygen atoms in total. The van der Waals surface area contributed by atoms with Crippen LogP contribution in [0, 0.1) is 18.6 Å². The highest BCUT2D eigenvalue weighted by molar-refractivity contribution is 5.92. The highest BCUT2D eigenvalue weighted by Crippen LogP contribution is 2.24. The molecule has 33 heavy (non-hydrogen) atoms. The number of aryl methyl sites for hydroxylation is 2. The first-order valence-corrected chi connectivity index (χ1v) is 10.5. The number of fused-ring (bicyclic) bond motifs is 1. The van der Waals surface area contributed by atoms with Crippen molar-refractivity contribution in [2.24, 2.45) is 0 Å². The highest BCUT2D eigenvalue weighted by atomic mass is 19.1. The van der Waals surface area contributed by atoms with Crippen molar-refractivity contribution in [3.63, 3.8) is 0 Å². The first-order chi connectivity index (χ1) is 15.8. The van der Waals surface area contributed by atoms with Gasteiger partial charge in [0.1, 0.15) is 23.0 Å². The molecule has 0 radical (unpaired) electrons. The van der Waals surface area contributed by atoms with Gasteiger partial charge >= 0.3 is 0 Å². The zero-order valence-corrected chi connectivity index (χ0v) is 18.4. The summed E-state index contributed by atoms with van der Waals surface area (Å²) in [5.74, 6) is -0.797. The number of rotatable bonds is 7. The average Bonchev–Trinajstić information content (AvgIpc) is 3.20. The van der Waals surface area contributed by atoms with Gasteiger partial charge in [-0.1, -0.05) is 0 Å². The summed E-state index contributed by atoms with van der Waals surface area (Å²) in [5.41, 5.74) is 2.66. The molecule has 10 heteroatoms. The van der Waals surface area contributed by atoms with Crippen LogP contribution in [-0.2, 0) is 17.8 Å². The molecule has 0 fully saturated rings. The maximum atomic E-state index is 14.5. The second kappa shape index (κ2) is 9.27. The van der Waals surface area contributed by atoms with Gasteiger partial charge < -0.3 is 10.6 Å². The molecule has 1 atom stereocenters. The van der Waals surface area contributed by atoms with E-state index >= 15 is 0 Å². The van der Waals surface area contributed by atoms with Crippen molar-refractivity contribution >= 4 is 28.6 Å². The van der Waals surface area contributed by atoms with E-state index in [9.17, 15) is 13.6 Å².